The summed E-state index contributed by atoms with van der Waals surface area (Å²) in [6, 6.07) is -1.15. The highest BCUT2D eigenvalue weighted by Crippen LogP contribution is 2.29. The third kappa shape index (κ3) is 2.62. The first kappa shape index (κ1) is 13.6. The highest BCUT2D eigenvalue weighted by Gasteiger charge is 2.47. The number of esters is 1. The van der Waals surface area contributed by atoms with Gasteiger partial charge in [-0.05, 0) is 19.8 Å². The van der Waals surface area contributed by atoms with Crippen molar-refractivity contribution in [3.63, 3.8) is 0 Å². The normalized spacial score (nSPS) is 25.6. The van der Waals surface area contributed by atoms with Gasteiger partial charge in [0, 0.05) is 6.54 Å². The van der Waals surface area contributed by atoms with Crippen LogP contribution in [0, 0.1) is 0 Å². The van der Waals surface area contributed by atoms with Crippen molar-refractivity contribution >= 4 is 17.9 Å². The molecule has 8 nitrogen and oxygen atoms in total. The van der Waals surface area contributed by atoms with Crippen LogP contribution in [-0.4, -0.2) is 59.7 Å². The third-order valence-electron chi connectivity index (χ3n) is 3.28. The van der Waals surface area contributed by atoms with E-state index in [0.29, 0.717) is 19.4 Å². The van der Waals surface area contributed by atoms with Crippen LogP contribution in [0.5, 0.6) is 0 Å². The Labute approximate surface area is 110 Å². The first-order valence-corrected chi connectivity index (χ1v) is 6.22. The van der Waals surface area contributed by atoms with Crippen molar-refractivity contribution in [2.24, 2.45) is 5.73 Å². The second-order valence-corrected chi connectivity index (χ2v) is 4.49. The van der Waals surface area contributed by atoms with Crippen molar-refractivity contribution in [1.29, 1.82) is 0 Å². The van der Waals surface area contributed by atoms with E-state index in [4.69, 9.17) is 15.3 Å². The van der Waals surface area contributed by atoms with Gasteiger partial charge in [-0.2, -0.15) is 5.06 Å². The first-order valence-electron chi connectivity index (χ1n) is 6.22. The zero-order valence-corrected chi connectivity index (χ0v) is 10.7. The predicted octanol–water partition coefficient (Wildman–Crippen LogP) is -0.765. The number of hydrogen-bond donors (Lipinski definition) is 1. The van der Waals surface area contributed by atoms with Crippen molar-refractivity contribution in [3.8, 4) is 0 Å². The van der Waals surface area contributed by atoms with Gasteiger partial charge in [0.25, 0.3) is 0 Å². The Kier molecular flexibility index (Phi) is 3.89. The molecule has 0 spiro atoms. The van der Waals surface area contributed by atoms with Crippen molar-refractivity contribution in [2.45, 2.75) is 31.8 Å². The van der Waals surface area contributed by atoms with Gasteiger partial charge in [-0.15, -0.1) is 0 Å². The molecule has 0 radical (unpaired) electrons. The van der Waals surface area contributed by atoms with Crippen LogP contribution in [0.25, 0.3) is 0 Å². The number of piperidine rings is 1. The topological polar surface area (TPSA) is 102 Å². The quantitative estimate of drug-likeness (QED) is 0.662. The summed E-state index contributed by atoms with van der Waals surface area (Å²) in [5.41, 5.74) is 5.25. The molecule has 2 heterocycles. The van der Waals surface area contributed by atoms with E-state index in [1.807, 2.05) is 0 Å². The summed E-state index contributed by atoms with van der Waals surface area (Å²) in [6.45, 7) is 2.03. The molecule has 19 heavy (non-hydrogen) atoms. The average molecular weight is 271 g/mol. The molecule has 8 heteroatoms. The fourth-order valence-electron chi connectivity index (χ4n) is 2.42. The lowest BCUT2D eigenvalue weighted by atomic mass is 10.0. The van der Waals surface area contributed by atoms with Gasteiger partial charge in [-0.3, -0.25) is 9.63 Å². The SMILES string of the molecule is CCOC(=O)CON1C(=O)N2CC1CCC2C(N)=O. The zero-order chi connectivity index (χ0) is 14.0. The van der Waals surface area contributed by atoms with Gasteiger partial charge in [0.15, 0.2) is 6.61 Å². The lowest BCUT2D eigenvalue weighted by molar-refractivity contribution is -0.172. The molecule has 2 bridgehead atoms. The number of ether oxygens (including phenoxy) is 1. The van der Waals surface area contributed by atoms with Crippen LogP contribution < -0.4 is 5.73 Å². The molecule has 2 rings (SSSR count). The molecule has 0 saturated carbocycles. The molecule has 0 aromatic heterocycles. The molecule has 2 saturated heterocycles. The molecule has 0 aromatic rings. The smallest absolute Gasteiger partial charge is 0.345 e. The van der Waals surface area contributed by atoms with Gasteiger partial charge in [0.1, 0.15) is 6.04 Å². The van der Waals surface area contributed by atoms with Crippen LogP contribution in [0.3, 0.4) is 0 Å². The van der Waals surface area contributed by atoms with Crippen LogP contribution in [0.15, 0.2) is 0 Å². The van der Waals surface area contributed by atoms with Crippen molar-refractivity contribution in [1.82, 2.24) is 9.96 Å². The van der Waals surface area contributed by atoms with Gasteiger partial charge in [-0.1, -0.05) is 0 Å². The maximum Gasteiger partial charge on any atom is 0.345 e. The van der Waals surface area contributed by atoms with Gasteiger partial charge >= 0.3 is 12.0 Å². The van der Waals surface area contributed by atoms with E-state index in [-0.39, 0.29) is 19.3 Å². The molecule has 2 fully saturated rings. The average Bonchev–Trinajstić information content (AvgIpc) is 2.60. The lowest BCUT2D eigenvalue weighted by Gasteiger charge is -2.27. The molecule has 2 unspecified atom stereocenters. The van der Waals surface area contributed by atoms with E-state index in [0.717, 1.165) is 5.06 Å². The molecular weight excluding hydrogens is 254 g/mol. The Bertz CT molecular complexity index is 400. The number of nitrogens with zero attached hydrogens (tertiary/aromatic N) is 2. The maximum absolute atomic E-state index is 12.0. The number of primary amides is 1. The second kappa shape index (κ2) is 5.43. The minimum atomic E-state index is -0.583. The van der Waals surface area contributed by atoms with E-state index in [1.165, 1.54) is 4.90 Å². The van der Waals surface area contributed by atoms with E-state index in [2.05, 4.69) is 0 Å². The zero-order valence-electron chi connectivity index (χ0n) is 10.7. The Morgan fingerprint density at radius 1 is 1.42 bits per heavy atom. The molecule has 2 atom stereocenters. The summed E-state index contributed by atoms with van der Waals surface area (Å²) >= 11 is 0. The van der Waals surface area contributed by atoms with Gasteiger partial charge < -0.3 is 15.4 Å². The minimum absolute atomic E-state index is 0.141. The highest BCUT2D eigenvalue weighted by molar-refractivity contribution is 5.87. The molecule has 3 amide bonds. The third-order valence-corrected chi connectivity index (χ3v) is 3.28. The molecule has 0 aliphatic carbocycles. The number of amides is 3. The minimum Gasteiger partial charge on any atom is -0.464 e. The number of hydroxylamine groups is 2. The number of nitrogens with two attached hydrogens (primary N) is 1. The number of hydrogen-bond acceptors (Lipinski definition) is 5. The summed E-state index contributed by atoms with van der Waals surface area (Å²) in [7, 11) is 0. The van der Waals surface area contributed by atoms with E-state index in [1.54, 1.807) is 6.92 Å². The predicted molar refractivity (Wildman–Crippen MR) is 62.5 cm³/mol. The number of carbonyl (C=O) groups excluding carboxylic acids is 3. The Morgan fingerprint density at radius 2 is 2.16 bits per heavy atom. The van der Waals surface area contributed by atoms with Crippen LogP contribution >= 0.6 is 0 Å². The van der Waals surface area contributed by atoms with E-state index in [9.17, 15) is 14.4 Å². The molecule has 2 aliphatic rings. The Hall–Kier alpha value is -1.83. The Balaban J connectivity index is 1.95. The van der Waals surface area contributed by atoms with E-state index < -0.39 is 23.9 Å². The fourth-order valence-corrected chi connectivity index (χ4v) is 2.42. The van der Waals surface area contributed by atoms with Gasteiger partial charge in [0.05, 0.1) is 12.6 Å². The number of rotatable bonds is 5. The van der Waals surface area contributed by atoms with Crippen LogP contribution in [0.1, 0.15) is 19.8 Å². The lowest BCUT2D eigenvalue weighted by Crippen LogP contribution is -2.47. The summed E-state index contributed by atoms with van der Waals surface area (Å²) in [4.78, 5) is 41.1. The van der Waals surface area contributed by atoms with Crippen LogP contribution in [0.4, 0.5) is 4.79 Å². The highest BCUT2D eigenvalue weighted by atomic mass is 16.7. The van der Waals surface area contributed by atoms with Crippen molar-refractivity contribution in [3.05, 3.63) is 0 Å². The fraction of sp³-hybridized carbons (Fsp3) is 0.727. The van der Waals surface area contributed by atoms with Crippen molar-refractivity contribution in [2.75, 3.05) is 19.8 Å². The summed E-state index contributed by atoms with van der Waals surface area (Å²) in [6.07, 6.45) is 1.14. The number of urea groups is 1. The van der Waals surface area contributed by atoms with Crippen LogP contribution in [0.2, 0.25) is 0 Å². The van der Waals surface area contributed by atoms with Gasteiger partial charge in [0.2, 0.25) is 5.91 Å². The second-order valence-electron chi connectivity index (χ2n) is 4.49. The molecule has 2 N–H and O–H groups in total. The standard InChI is InChI=1S/C11H17N3O5/c1-2-18-9(15)6-19-14-7-3-4-8(10(12)16)13(5-7)11(14)17/h7-8H,2-6H2,1H3,(H2,12,16). The van der Waals surface area contributed by atoms with Crippen LogP contribution in [-0.2, 0) is 19.2 Å². The molecule has 0 aromatic carbocycles. The summed E-state index contributed by atoms with van der Waals surface area (Å²) in [5, 5.41) is 1.15. The molecule has 2 aliphatic heterocycles. The molecular formula is C11H17N3O5. The monoisotopic (exact) mass is 271 g/mol. The number of fused-ring (bicyclic) bond motifs is 2. The Morgan fingerprint density at radius 3 is 2.79 bits per heavy atom. The van der Waals surface area contributed by atoms with Gasteiger partial charge in [-0.25, -0.2) is 9.59 Å². The number of carbonyl (C=O) groups is 3. The maximum atomic E-state index is 12.0. The largest absolute Gasteiger partial charge is 0.464 e. The molecule has 106 valence electrons. The van der Waals surface area contributed by atoms with Crippen molar-refractivity contribution < 1.29 is 24.0 Å². The first-order chi connectivity index (χ1) is 9.04. The van der Waals surface area contributed by atoms with E-state index >= 15 is 0 Å². The summed E-state index contributed by atoms with van der Waals surface area (Å²) < 4.78 is 4.72. The summed E-state index contributed by atoms with van der Waals surface area (Å²) in [5.74, 6) is -1.04.